The molecule has 20 heavy (non-hydrogen) atoms. The zero-order valence-corrected chi connectivity index (χ0v) is 11.8. The molecule has 106 valence electrons. The number of nitrogens with two attached hydrogens (primary N) is 1. The van der Waals surface area contributed by atoms with Crippen molar-refractivity contribution in [3.8, 4) is 11.5 Å². The van der Waals surface area contributed by atoms with Gasteiger partial charge in [0, 0.05) is 0 Å². The molecule has 1 unspecified atom stereocenters. The van der Waals surface area contributed by atoms with Crippen LogP contribution in [-0.2, 0) is 0 Å². The molecule has 6 heteroatoms. The average Bonchev–Trinajstić information content (AvgIpc) is 2.47. The lowest BCUT2D eigenvalue weighted by molar-refractivity contribution is 0.414. The number of aromatic nitrogens is 2. The first-order valence-corrected chi connectivity index (χ1v) is 6.20. The molecule has 0 aliphatic rings. The maximum atomic E-state index is 5.75. The fourth-order valence-corrected chi connectivity index (χ4v) is 1.87. The van der Waals surface area contributed by atoms with Gasteiger partial charge in [0.05, 0.1) is 20.3 Å². The molecule has 0 fully saturated rings. The molecule has 0 spiro atoms. The Morgan fingerprint density at radius 2 is 1.80 bits per heavy atom. The molecule has 2 aromatic rings. The van der Waals surface area contributed by atoms with Gasteiger partial charge in [-0.25, -0.2) is 9.97 Å². The second kappa shape index (κ2) is 6.10. The van der Waals surface area contributed by atoms with Gasteiger partial charge in [-0.3, -0.25) is 0 Å². The van der Waals surface area contributed by atoms with Crippen molar-refractivity contribution in [2.75, 3.05) is 25.3 Å². The van der Waals surface area contributed by atoms with Crippen LogP contribution in [0.2, 0.25) is 0 Å². The van der Waals surface area contributed by atoms with Crippen LogP contribution in [-0.4, -0.2) is 24.2 Å². The maximum absolute atomic E-state index is 5.75. The van der Waals surface area contributed by atoms with E-state index in [-0.39, 0.29) is 6.04 Å². The minimum absolute atomic E-state index is 0.0455. The number of nitrogens with zero attached hydrogens (tertiary/aromatic N) is 2. The predicted molar refractivity (Wildman–Crippen MR) is 78.0 cm³/mol. The van der Waals surface area contributed by atoms with Gasteiger partial charge in [0.2, 0.25) is 5.75 Å². The minimum Gasteiger partial charge on any atom is -0.497 e. The summed E-state index contributed by atoms with van der Waals surface area (Å²) < 4.78 is 10.4. The van der Waals surface area contributed by atoms with E-state index in [9.17, 15) is 0 Å². The lowest BCUT2D eigenvalue weighted by Crippen LogP contribution is -2.10. The van der Waals surface area contributed by atoms with Crippen LogP contribution in [0.3, 0.4) is 0 Å². The van der Waals surface area contributed by atoms with Gasteiger partial charge in [0.25, 0.3) is 0 Å². The number of methoxy groups -OCH3 is 2. The first kappa shape index (κ1) is 13.9. The van der Waals surface area contributed by atoms with Crippen LogP contribution in [0.4, 0.5) is 11.6 Å². The van der Waals surface area contributed by atoms with Gasteiger partial charge >= 0.3 is 0 Å². The number of nitrogen functional groups attached to an aromatic ring is 1. The Bertz CT molecular complexity index is 572. The minimum atomic E-state index is 0.0455. The molecule has 0 radical (unpaired) electrons. The van der Waals surface area contributed by atoms with Gasteiger partial charge in [-0.05, 0) is 24.6 Å². The fraction of sp³-hybridized carbons (Fsp3) is 0.286. The van der Waals surface area contributed by atoms with Crippen molar-refractivity contribution < 1.29 is 9.47 Å². The molecule has 0 bridgehead atoms. The zero-order chi connectivity index (χ0) is 14.5. The van der Waals surface area contributed by atoms with Gasteiger partial charge in [-0.15, -0.1) is 0 Å². The number of anilines is 2. The van der Waals surface area contributed by atoms with Crippen LogP contribution in [0.1, 0.15) is 18.5 Å². The molecule has 0 saturated heterocycles. The van der Waals surface area contributed by atoms with E-state index in [1.165, 1.54) is 13.4 Å². The van der Waals surface area contributed by atoms with Crippen LogP contribution in [0.25, 0.3) is 0 Å². The highest BCUT2D eigenvalue weighted by atomic mass is 16.5. The Labute approximate surface area is 118 Å². The van der Waals surface area contributed by atoms with Gasteiger partial charge in [-0.2, -0.15) is 0 Å². The first-order chi connectivity index (χ1) is 9.65. The monoisotopic (exact) mass is 274 g/mol. The summed E-state index contributed by atoms with van der Waals surface area (Å²) in [5.74, 6) is 2.16. The standard InChI is InChI=1S/C14H18N4O2/c1-9(10-4-6-11(19-2)7-5-10)18-14-12(20-3)13(15)16-8-17-14/h4-9H,1-3H3,(H3,15,16,17,18). The number of nitrogens with one attached hydrogen (secondary N) is 1. The number of rotatable bonds is 5. The summed E-state index contributed by atoms with van der Waals surface area (Å²) in [4.78, 5) is 8.06. The largest absolute Gasteiger partial charge is 0.497 e. The highest BCUT2D eigenvalue weighted by molar-refractivity contribution is 5.61. The molecular formula is C14H18N4O2. The molecule has 2 rings (SSSR count). The van der Waals surface area contributed by atoms with Crippen molar-refractivity contribution in [3.63, 3.8) is 0 Å². The van der Waals surface area contributed by atoms with E-state index in [1.807, 2.05) is 31.2 Å². The van der Waals surface area contributed by atoms with Crippen molar-refractivity contribution in [3.05, 3.63) is 36.2 Å². The second-order valence-electron chi connectivity index (χ2n) is 4.28. The molecule has 1 aromatic carbocycles. The molecule has 0 aliphatic carbocycles. The molecule has 0 amide bonds. The van der Waals surface area contributed by atoms with E-state index in [4.69, 9.17) is 15.2 Å². The molecule has 0 saturated carbocycles. The normalized spacial score (nSPS) is 11.8. The van der Waals surface area contributed by atoms with Crippen molar-refractivity contribution in [2.24, 2.45) is 0 Å². The van der Waals surface area contributed by atoms with E-state index in [0.29, 0.717) is 17.4 Å². The van der Waals surface area contributed by atoms with Crippen LogP contribution in [0.5, 0.6) is 11.5 Å². The lowest BCUT2D eigenvalue weighted by Gasteiger charge is -2.17. The van der Waals surface area contributed by atoms with E-state index >= 15 is 0 Å². The molecule has 1 atom stereocenters. The summed E-state index contributed by atoms with van der Waals surface area (Å²) in [5.41, 5.74) is 6.85. The summed E-state index contributed by atoms with van der Waals surface area (Å²) in [6, 6.07) is 7.86. The zero-order valence-electron chi connectivity index (χ0n) is 11.8. The first-order valence-electron chi connectivity index (χ1n) is 6.20. The van der Waals surface area contributed by atoms with Crippen LogP contribution >= 0.6 is 0 Å². The predicted octanol–water partition coefficient (Wildman–Crippen LogP) is 2.25. The van der Waals surface area contributed by atoms with E-state index in [0.717, 1.165) is 11.3 Å². The molecular weight excluding hydrogens is 256 g/mol. The third kappa shape index (κ3) is 2.90. The van der Waals surface area contributed by atoms with Crippen LogP contribution in [0.15, 0.2) is 30.6 Å². The maximum Gasteiger partial charge on any atom is 0.203 e. The molecule has 1 heterocycles. The van der Waals surface area contributed by atoms with E-state index in [2.05, 4.69) is 15.3 Å². The topological polar surface area (TPSA) is 82.3 Å². The summed E-state index contributed by atoms with van der Waals surface area (Å²) in [7, 11) is 3.18. The third-order valence-corrected chi connectivity index (χ3v) is 3.00. The van der Waals surface area contributed by atoms with Gasteiger partial charge in [0.1, 0.15) is 12.1 Å². The highest BCUT2D eigenvalue weighted by Crippen LogP contribution is 2.29. The Morgan fingerprint density at radius 3 is 2.40 bits per heavy atom. The fourth-order valence-electron chi connectivity index (χ4n) is 1.87. The number of hydrogen-bond donors (Lipinski definition) is 2. The van der Waals surface area contributed by atoms with Crippen molar-refractivity contribution in [2.45, 2.75) is 13.0 Å². The van der Waals surface area contributed by atoms with E-state index < -0.39 is 0 Å². The number of hydrogen-bond acceptors (Lipinski definition) is 6. The Hall–Kier alpha value is -2.50. The summed E-state index contributed by atoms with van der Waals surface area (Å²) >= 11 is 0. The van der Waals surface area contributed by atoms with Gasteiger partial charge < -0.3 is 20.5 Å². The number of benzene rings is 1. The lowest BCUT2D eigenvalue weighted by atomic mass is 10.1. The van der Waals surface area contributed by atoms with Gasteiger partial charge in [-0.1, -0.05) is 12.1 Å². The number of ether oxygens (including phenoxy) is 2. The Kier molecular flexibility index (Phi) is 4.24. The van der Waals surface area contributed by atoms with Crippen molar-refractivity contribution >= 4 is 11.6 Å². The van der Waals surface area contributed by atoms with Crippen molar-refractivity contribution in [1.82, 2.24) is 9.97 Å². The van der Waals surface area contributed by atoms with Gasteiger partial charge in [0.15, 0.2) is 11.6 Å². The quantitative estimate of drug-likeness (QED) is 0.870. The van der Waals surface area contributed by atoms with E-state index in [1.54, 1.807) is 7.11 Å². The molecule has 3 N–H and O–H groups in total. The highest BCUT2D eigenvalue weighted by Gasteiger charge is 2.13. The average molecular weight is 274 g/mol. The smallest absolute Gasteiger partial charge is 0.203 e. The second-order valence-corrected chi connectivity index (χ2v) is 4.28. The molecule has 0 aliphatic heterocycles. The van der Waals surface area contributed by atoms with Crippen molar-refractivity contribution in [1.29, 1.82) is 0 Å². The van der Waals surface area contributed by atoms with Crippen LogP contribution < -0.4 is 20.5 Å². The van der Waals surface area contributed by atoms with Crippen LogP contribution in [0, 0.1) is 0 Å². The summed E-state index contributed by atoms with van der Waals surface area (Å²) in [6.07, 6.45) is 1.40. The Morgan fingerprint density at radius 1 is 1.10 bits per heavy atom. The summed E-state index contributed by atoms with van der Waals surface area (Å²) in [5, 5.41) is 3.26. The molecule has 6 nitrogen and oxygen atoms in total. The third-order valence-electron chi connectivity index (χ3n) is 3.00. The SMILES string of the molecule is COc1ccc(C(C)Nc2ncnc(N)c2OC)cc1. The molecule has 1 aromatic heterocycles. The summed E-state index contributed by atoms with van der Waals surface area (Å²) in [6.45, 7) is 2.03. The Balaban J connectivity index is 2.18.